The van der Waals surface area contributed by atoms with Gasteiger partial charge < -0.3 is 16.2 Å². The Morgan fingerprint density at radius 1 is 1.47 bits per heavy atom. The average Bonchev–Trinajstić information content (AvgIpc) is 2.37. The van der Waals surface area contributed by atoms with Crippen molar-refractivity contribution < 1.29 is 14.7 Å². The number of nitrogens with two attached hydrogens (primary N) is 1. The average molecular weight is 282 g/mol. The first-order chi connectivity index (χ1) is 8.95. The summed E-state index contributed by atoms with van der Waals surface area (Å²) in [5.41, 5.74) is 7.50. The van der Waals surface area contributed by atoms with Crippen LogP contribution in [-0.4, -0.2) is 35.0 Å². The Labute approximate surface area is 116 Å². The second-order valence-corrected chi connectivity index (χ2v) is 5.20. The summed E-state index contributed by atoms with van der Waals surface area (Å²) in [6, 6.07) is 4.05. The molecule has 0 saturated carbocycles. The van der Waals surface area contributed by atoms with Crippen LogP contribution < -0.4 is 11.1 Å². The van der Waals surface area contributed by atoms with Gasteiger partial charge in [0.15, 0.2) is 0 Å². The van der Waals surface area contributed by atoms with Crippen LogP contribution in [0.15, 0.2) is 18.2 Å². The number of hydrogen-bond donors (Lipinski definition) is 3. The first-order valence-electron chi connectivity index (χ1n) is 5.84. The fourth-order valence-electron chi connectivity index (χ4n) is 1.52. The van der Waals surface area contributed by atoms with Gasteiger partial charge in [0.05, 0.1) is 0 Å². The Balaban J connectivity index is 2.75. The molecule has 4 N–H and O–H groups in total. The smallest absolute Gasteiger partial charge is 0.326 e. The predicted molar refractivity (Wildman–Crippen MR) is 77.5 cm³/mol. The zero-order valence-electron chi connectivity index (χ0n) is 11.0. The van der Waals surface area contributed by atoms with Crippen LogP contribution in [0.4, 0.5) is 5.69 Å². The number of benzene rings is 1. The first-order valence-corrected chi connectivity index (χ1v) is 7.23. The van der Waals surface area contributed by atoms with Crippen molar-refractivity contribution in [1.29, 1.82) is 0 Å². The third kappa shape index (κ3) is 4.48. The van der Waals surface area contributed by atoms with Gasteiger partial charge >= 0.3 is 5.97 Å². The topological polar surface area (TPSA) is 92.4 Å². The molecular formula is C13H18N2O3S. The Kier molecular flexibility index (Phi) is 5.69. The number of hydrogen-bond acceptors (Lipinski definition) is 4. The molecule has 0 bridgehead atoms. The van der Waals surface area contributed by atoms with Gasteiger partial charge in [-0.15, -0.1) is 0 Å². The maximum absolute atomic E-state index is 11.9. The summed E-state index contributed by atoms with van der Waals surface area (Å²) in [7, 11) is 0. The van der Waals surface area contributed by atoms with Gasteiger partial charge in [0.2, 0.25) is 0 Å². The molecule has 0 aliphatic carbocycles. The normalized spacial score (nSPS) is 11.9. The molecule has 1 atom stereocenters. The lowest BCUT2D eigenvalue weighted by molar-refractivity contribution is -0.139. The molecule has 104 valence electrons. The van der Waals surface area contributed by atoms with E-state index in [1.807, 2.05) is 13.2 Å². The minimum absolute atomic E-state index is 0.374. The number of carboxylic acids is 1. The number of amides is 1. The molecule has 6 heteroatoms. The summed E-state index contributed by atoms with van der Waals surface area (Å²) in [4.78, 5) is 23.0. The molecule has 0 radical (unpaired) electrons. The summed E-state index contributed by atoms with van der Waals surface area (Å²) in [5, 5.41) is 11.6. The summed E-state index contributed by atoms with van der Waals surface area (Å²) < 4.78 is 0. The number of thioether (sulfide) groups is 1. The van der Waals surface area contributed by atoms with Crippen molar-refractivity contribution in [3.05, 3.63) is 29.3 Å². The molecule has 1 unspecified atom stereocenters. The van der Waals surface area contributed by atoms with Crippen LogP contribution in [0.5, 0.6) is 0 Å². The quantitative estimate of drug-likeness (QED) is 0.688. The largest absolute Gasteiger partial charge is 0.480 e. The number of rotatable bonds is 6. The Morgan fingerprint density at radius 2 is 2.16 bits per heavy atom. The standard InChI is InChI=1S/C13H18N2O3S/c1-8-3-4-9(7-10(8)14)12(16)15-11(13(17)18)5-6-19-2/h3-4,7,11H,5-6,14H2,1-2H3,(H,15,16)(H,17,18). The molecule has 0 aromatic heterocycles. The second kappa shape index (κ2) is 7.04. The molecule has 0 aliphatic rings. The van der Waals surface area contributed by atoms with Gasteiger partial charge in [-0.1, -0.05) is 6.07 Å². The first kappa shape index (κ1) is 15.4. The SMILES string of the molecule is CSCCC(NC(=O)c1ccc(C)c(N)c1)C(=O)O. The minimum atomic E-state index is -1.03. The van der Waals surface area contributed by atoms with Crippen LogP contribution >= 0.6 is 11.8 Å². The van der Waals surface area contributed by atoms with E-state index in [2.05, 4.69) is 5.32 Å². The van der Waals surface area contributed by atoms with Crippen molar-refractivity contribution in [1.82, 2.24) is 5.32 Å². The Bertz CT molecular complexity index is 477. The fourth-order valence-corrected chi connectivity index (χ4v) is 1.99. The van der Waals surface area contributed by atoms with E-state index >= 15 is 0 Å². The summed E-state index contributed by atoms with van der Waals surface area (Å²) in [6.45, 7) is 1.84. The van der Waals surface area contributed by atoms with Crippen LogP contribution in [-0.2, 0) is 4.79 Å². The molecule has 0 spiro atoms. The molecule has 0 saturated heterocycles. The highest BCUT2D eigenvalue weighted by Crippen LogP contribution is 2.13. The zero-order valence-corrected chi connectivity index (χ0v) is 11.8. The van der Waals surface area contributed by atoms with Crippen LogP contribution in [0.25, 0.3) is 0 Å². The van der Waals surface area contributed by atoms with Gasteiger partial charge in [-0.25, -0.2) is 4.79 Å². The van der Waals surface area contributed by atoms with Crippen molar-refractivity contribution in [3.63, 3.8) is 0 Å². The lowest BCUT2D eigenvalue weighted by Gasteiger charge is -2.14. The highest BCUT2D eigenvalue weighted by molar-refractivity contribution is 7.98. The van der Waals surface area contributed by atoms with E-state index in [0.717, 1.165) is 5.56 Å². The number of carboxylic acid groups (broad SMARTS) is 1. The number of aryl methyl sites for hydroxylation is 1. The van der Waals surface area contributed by atoms with Crippen LogP contribution in [0, 0.1) is 6.92 Å². The number of nitrogen functional groups attached to an aromatic ring is 1. The van der Waals surface area contributed by atoms with E-state index in [1.54, 1.807) is 30.0 Å². The van der Waals surface area contributed by atoms with Crippen molar-refractivity contribution in [2.45, 2.75) is 19.4 Å². The lowest BCUT2D eigenvalue weighted by atomic mass is 10.1. The van der Waals surface area contributed by atoms with Crippen molar-refractivity contribution in [2.24, 2.45) is 0 Å². The molecule has 5 nitrogen and oxygen atoms in total. The van der Waals surface area contributed by atoms with Crippen LogP contribution in [0.1, 0.15) is 22.3 Å². The van der Waals surface area contributed by atoms with E-state index in [1.165, 1.54) is 0 Å². The van der Waals surface area contributed by atoms with Crippen molar-refractivity contribution in [3.8, 4) is 0 Å². The third-order valence-electron chi connectivity index (χ3n) is 2.76. The minimum Gasteiger partial charge on any atom is -0.480 e. The van der Waals surface area contributed by atoms with Gasteiger partial charge in [-0.3, -0.25) is 4.79 Å². The molecule has 1 amide bonds. The van der Waals surface area contributed by atoms with Gasteiger partial charge in [-0.2, -0.15) is 11.8 Å². The van der Waals surface area contributed by atoms with Crippen molar-refractivity contribution >= 4 is 29.3 Å². The molecular weight excluding hydrogens is 264 g/mol. The zero-order chi connectivity index (χ0) is 14.4. The summed E-state index contributed by atoms with van der Waals surface area (Å²) in [5.74, 6) is -0.768. The van der Waals surface area contributed by atoms with E-state index in [4.69, 9.17) is 10.8 Å². The number of aliphatic carboxylic acids is 1. The van der Waals surface area contributed by atoms with E-state index in [-0.39, 0.29) is 0 Å². The second-order valence-electron chi connectivity index (χ2n) is 4.22. The molecule has 1 aromatic carbocycles. The number of carbonyl (C=O) groups is 2. The van der Waals surface area contributed by atoms with E-state index in [0.29, 0.717) is 23.4 Å². The highest BCUT2D eigenvalue weighted by Gasteiger charge is 2.20. The van der Waals surface area contributed by atoms with Crippen LogP contribution in [0.2, 0.25) is 0 Å². The van der Waals surface area contributed by atoms with Gasteiger partial charge in [-0.05, 0) is 43.0 Å². The Hall–Kier alpha value is -1.69. The van der Waals surface area contributed by atoms with Gasteiger partial charge in [0, 0.05) is 11.3 Å². The monoisotopic (exact) mass is 282 g/mol. The molecule has 0 fully saturated rings. The van der Waals surface area contributed by atoms with Crippen molar-refractivity contribution in [2.75, 3.05) is 17.7 Å². The lowest BCUT2D eigenvalue weighted by Crippen LogP contribution is -2.41. The molecule has 19 heavy (non-hydrogen) atoms. The molecule has 0 aliphatic heterocycles. The maximum atomic E-state index is 11.9. The number of nitrogens with one attached hydrogen (secondary N) is 1. The number of carbonyl (C=O) groups excluding carboxylic acids is 1. The van der Waals surface area contributed by atoms with Gasteiger partial charge in [0.25, 0.3) is 5.91 Å². The van der Waals surface area contributed by atoms with Gasteiger partial charge in [0.1, 0.15) is 6.04 Å². The van der Waals surface area contributed by atoms with E-state index in [9.17, 15) is 9.59 Å². The maximum Gasteiger partial charge on any atom is 0.326 e. The predicted octanol–water partition coefficient (Wildman–Crippen LogP) is 1.51. The fraction of sp³-hybridized carbons (Fsp3) is 0.385. The molecule has 0 heterocycles. The highest BCUT2D eigenvalue weighted by atomic mass is 32.2. The number of anilines is 1. The Morgan fingerprint density at radius 3 is 2.68 bits per heavy atom. The third-order valence-corrected chi connectivity index (χ3v) is 3.40. The summed E-state index contributed by atoms with van der Waals surface area (Å²) in [6.07, 6.45) is 2.28. The molecule has 1 aromatic rings. The molecule has 1 rings (SSSR count). The van der Waals surface area contributed by atoms with E-state index < -0.39 is 17.9 Å². The van der Waals surface area contributed by atoms with Crippen LogP contribution in [0.3, 0.4) is 0 Å². The summed E-state index contributed by atoms with van der Waals surface area (Å²) >= 11 is 1.54.